The number of carbonyl (C=O) groups excluding carboxylic acids is 1. The van der Waals surface area contributed by atoms with E-state index in [1.165, 1.54) is 18.4 Å². The average molecular weight is 326 g/mol. The molecule has 1 saturated carbocycles. The van der Waals surface area contributed by atoms with E-state index in [1.807, 2.05) is 42.2 Å². The van der Waals surface area contributed by atoms with Gasteiger partial charge in [0.25, 0.3) is 0 Å². The van der Waals surface area contributed by atoms with Crippen LogP contribution in [0.1, 0.15) is 36.9 Å². The number of rotatable bonds is 8. The fourth-order valence-electron chi connectivity index (χ4n) is 2.97. The van der Waals surface area contributed by atoms with Crippen molar-refractivity contribution >= 4 is 5.91 Å². The number of benzene rings is 1. The van der Waals surface area contributed by atoms with Crippen molar-refractivity contribution in [2.45, 2.75) is 45.3 Å². The van der Waals surface area contributed by atoms with Crippen LogP contribution in [0.5, 0.6) is 0 Å². The molecule has 1 fully saturated rings. The Kier molecular flexibility index (Phi) is 5.30. The van der Waals surface area contributed by atoms with E-state index in [4.69, 9.17) is 0 Å². The van der Waals surface area contributed by atoms with E-state index >= 15 is 0 Å². The molecule has 24 heavy (non-hydrogen) atoms. The fraction of sp³-hybridized carbons (Fsp3) is 0.474. The minimum absolute atomic E-state index is 0.0549. The monoisotopic (exact) mass is 326 g/mol. The molecule has 2 atom stereocenters. The van der Waals surface area contributed by atoms with Crippen molar-refractivity contribution in [3.05, 3.63) is 53.9 Å². The summed E-state index contributed by atoms with van der Waals surface area (Å²) in [5, 5.41) is 10.8. The lowest BCUT2D eigenvalue weighted by Gasteiger charge is -2.20. The van der Waals surface area contributed by atoms with E-state index in [-0.39, 0.29) is 18.0 Å². The van der Waals surface area contributed by atoms with E-state index in [2.05, 4.69) is 34.8 Å². The maximum Gasteiger partial charge on any atom is 0.234 e. The number of carbonyl (C=O) groups is 1. The highest BCUT2D eigenvalue weighted by molar-refractivity contribution is 5.78. The molecule has 1 aromatic heterocycles. The Hall–Kier alpha value is -2.14. The number of aromatic nitrogens is 2. The Balaban J connectivity index is 1.47. The molecular formula is C19H26N4O. The van der Waals surface area contributed by atoms with Crippen LogP contribution in [0.3, 0.4) is 0 Å². The molecule has 5 nitrogen and oxygen atoms in total. The second kappa shape index (κ2) is 7.62. The van der Waals surface area contributed by atoms with E-state index in [1.54, 1.807) is 0 Å². The third-order valence-electron chi connectivity index (χ3n) is 4.40. The first-order valence-corrected chi connectivity index (χ1v) is 8.68. The van der Waals surface area contributed by atoms with Crippen molar-refractivity contribution in [3.8, 4) is 0 Å². The van der Waals surface area contributed by atoms with E-state index in [0.29, 0.717) is 12.5 Å². The molecule has 0 radical (unpaired) electrons. The molecule has 2 aromatic rings. The molecule has 2 N–H and O–H groups in total. The van der Waals surface area contributed by atoms with Crippen LogP contribution < -0.4 is 10.6 Å². The summed E-state index contributed by atoms with van der Waals surface area (Å²) in [5.74, 6) is 0.639. The predicted octanol–water partition coefficient (Wildman–Crippen LogP) is 2.44. The molecular weight excluding hydrogens is 300 g/mol. The maximum absolute atomic E-state index is 12.3. The zero-order valence-electron chi connectivity index (χ0n) is 14.4. The number of amides is 1. The molecule has 0 spiro atoms. The highest BCUT2D eigenvalue weighted by Crippen LogP contribution is 2.40. The average Bonchev–Trinajstić information content (AvgIpc) is 3.34. The highest BCUT2D eigenvalue weighted by Gasteiger charge is 2.33. The Morgan fingerprint density at radius 3 is 2.71 bits per heavy atom. The van der Waals surface area contributed by atoms with Gasteiger partial charge in [0.2, 0.25) is 5.91 Å². The summed E-state index contributed by atoms with van der Waals surface area (Å²) in [6.45, 7) is 5.18. The van der Waals surface area contributed by atoms with Gasteiger partial charge < -0.3 is 10.6 Å². The first kappa shape index (κ1) is 16.7. The summed E-state index contributed by atoms with van der Waals surface area (Å²) in [4.78, 5) is 12.3. The molecule has 0 unspecified atom stereocenters. The Morgan fingerprint density at radius 2 is 2.08 bits per heavy atom. The molecule has 128 valence electrons. The van der Waals surface area contributed by atoms with Gasteiger partial charge in [-0.3, -0.25) is 9.48 Å². The standard InChI is InChI=1S/C19H26N4O/c1-14-10-21-23(12-14)13-15(2)20-11-18(24)22-19(17-8-9-17)16-6-4-3-5-7-16/h3-7,10,12,15,17,19-20H,8-9,11,13H2,1-2H3,(H,22,24)/t15-,19-/m0/s1. The number of nitrogens with one attached hydrogen (secondary N) is 2. The maximum atomic E-state index is 12.3. The van der Waals surface area contributed by atoms with Gasteiger partial charge in [-0.2, -0.15) is 5.10 Å². The van der Waals surface area contributed by atoms with Crippen LogP contribution >= 0.6 is 0 Å². The van der Waals surface area contributed by atoms with Crippen molar-refractivity contribution in [1.82, 2.24) is 20.4 Å². The van der Waals surface area contributed by atoms with Gasteiger partial charge in [-0.05, 0) is 43.7 Å². The van der Waals surface area contributed by atoms with E-state index < -0.39 is 0 Å². The summed E-state index contributed by atoms with van der Waals surface area (Å²) >= 11 is 0. The molecule has 5 heteroatoms. The summed E-state index contributed by atoms with van der Waals surface area (Å²) in [5.41, 5.74) is 2.35. The van der Waals surface area contributed by atoms with Gasteiger partial charge in [-0.1, -0.05) is 30.3 Å². The van der Waals surface area contributed by atoms with Crippen LogP contribution in [0.25, 0.3) is 0 Å². The van der Waals surface area contributed by atoms with Gasteiger partial charge in [0.1, 0.15) is 0 Å². The quantitative estimate of drug-likeness (QED) is 0.783. The largest absolute Gasteiger partial charge is 0.348 e. The highest BCUT2D eigenvalue weighted by atomic mass is 16.2. The molecule has 0 aliphatic heterocycles. The van der Waals surface area contributed by atoms with Crippen molar-refractivity contribution in [3.63, 3.8) is 0 Å². The van der Waals surface area contributed by atoms with Crippen LogP contribution in [0.2, 0.25) is 0 Å². The molecule has 1 aromatic carbocycles. The topological polar surface area (TPSA) is 59.0 Å². The van der Waals surface area contributed by atoms with Gasteiger partial charge in [0.05, 0.1) is 25.3 Å². The second-order valence-electron chi connectivity index (χ2n) is 6.81. The van der Waals surface area contributed by atoms with Crippen LogP contribution in [0.4, 0.5) is 0 Å². The third kappa shape index (κ3) is 4.68. The first-order chi connectivity index (χ1) is 11.6. The second-order valence-corrected chi connectivity index (χ2v) is 6.81. The molecule has 1 aliphatic rings. The van der Waals surface area contributed by atoms with Crippen molar-refractivity contribution in [2.24, 2.45) is 5.92 Å². The number of hydrogen-bond donors (Lipinski definition) is 2. The lowest BCUT2D eigenvalue weighted by molar-refractivity contribution is -0.121. The lowest BCUT2D eigenvalue weighted by Crippen LogP contribution is -2.41. The minimum atomic E-state index is 0.0549. The Bertz CT molecular complexity index is 663. The molecule has 1 amide bonds. The van der Waals surface area contributed by atoms with E-state index in [9.17, 15) is 4.79 Å². The van der Waals surface area contributed by atoms with E-state index in [0.717, 1.165) is 12.1 Å². The van der Waals surface area contributed by atoms with Crippen LogP contribution in [-0.4, -0.2) is 28.3 Å². The third-order valence-corrected chi connectivity index (χ3v) is 4.40. The van der Waals surface area contributed by atoms with Crippen LogP contribution in [0, 0.1) is 12.8 Å². The first-order valence-electron chi connectivity index (χ1n) is 8.68. The molecule has 0 bridgehead atoms. The predicted molar refractivity (Wildman–Crippen MR) is 94.5 cm³/mol. The van der Waals surface area contributed by atoms with Crippen LogP contribution in [-0.2, 0) is 11.3 Å². The lowest BCUT2D eigenvalue weighted by atomic mass is 10.0. The molecule has 1 heterocycles. The van der Waals surface area contributed by atoms with Gasteiger partial charge in [0, 0.05) is 12.2 Å². The Morgan fingerprint density at radius 1 is 1.33 bits per heavy atom. The molecule has 1 aliphatic carbocycles. The summed E-state index contributed by atoms with van der Waals surface area (Å²) in [6.07, 6.45) is 6.25. The van der Waals surface area contributed by atoms with Gasteiger partial charge >= 0.3 is 0 Å². The number of hydrogen-bond acceptors (Lipinski definition) is 3. The molecule has 0 saturated heterocycles. The minimum Gasteiger partial charge on any atom is -0.348 e. The van der Waals surface area contributed by atoms with Gasteiger partial charge in [-0.15, -0.1) is 0 Å². The normalized spacial score (nSPS) is 16.6. The zero-order chi connectivity index (χ0) is 16.9. The van der Waals surface area contributed by atoms with Gasteiger partial charge in [-0.25, -0.2) is 0 Å². The molecule has 3 rings (SSSR count). The SMILES string of the molecule is Cc1cnn(C[C@H](C)NCC(=O)N[C@@H](c2ccccc2)C2CC2)c1. The van der Waals surface area contributed by atoms with Crippen molar-refractivity contribution in [2.75, 3.05) is 6.54 Å². The number of aryl methyl sites for hydroxylation is 1. The van der Waals surface area contributed by atoms with Crippen molar-refractivity contribution < 1.29 is 4.79 Å². The Labute approximate surface area is 143 Å². The van der Waals surface area contributed by atoms with Crippen LogP contribution in [0.15, 0.2) is 42.7 Å². The fourth-order valence-corrected chi connectivity index (χ4v) is 2.97. The van der Waals surface area contributed by atoms with Crippen molar-refractivity contribution in [1.29, 1.82) is 0 Å². The smallest absolute Gasteiger partial charge is 0.234 e. The summed E-state index contributed by atoms with van der Waals surface area (Å²) < 4.78 is 1.90. The zero-order valence-corrected chi connectivity index (χ0v) is 14.4. The summed E-state index contributed by atoms with van der Waals surface area (Å²) in [6, 6.07) is 10.6. The number of nitrogens with zero attached hydrogens (tertiary/aromatic N) is 2. The van der Waals surface area contributed by atoms with Gasteiger partial charge in [0.15, 0.2) is 0 Å². The summed E-state index contributed by atoms with van der Waals surface area (Å²) in [7, 11) is 0.